The minimum atomic E-state index is -0.0351. The van der Waals surface area contributed by atoms with E-state index in [1.165, 1.54) is 6.08 Å². The first kappa shape index (κ1) is 15.1. The summed E-state index contributed by atoms with van der Waals surface area (Å²) in [6.07, 6.45) is 3.14. The maximum absolute atomic E-state index is 11.9. The van der Waals surface area contributed by atoms with Gasteiger partial charge in [-0.05, 0) is 59.3 Å². The van der Waals surface area contributed by atoms with Gasteiger partial charge in [0.05, 0.1) is 0 Å². The van der Waals surface area contributed by atoms with Crippen LogP contribution in [-0.2, 0) is 0 Å². The standard InChI is InChI=1S/C16H13ClINO/c1-11-2-7-14(10-15(11)17)19-9-8-16(20)12-3-5-13(18)6-4-12/h2-10,19H,1H3. The second-order valence-electron chi connectivity index (χ2n) is 4.31. The van der Waals surface area contributed by atoms with Crippen LogP contribution in [0.4, 0.5) is 5.69 Å². The van der Waals surface area contributed by atoms with Gasteiger partial charge in [0.2, 0.25) is 0 Å². The van der Waals surface area contributed by atoms with Crippen molar-refractivity contribution in [1.82, 2.24) is 0 Å². The number of aryl methyl sites for hydroxylation is 1. The molecule has 0 radical (unpaired) electrons. The number of allylic oxidation sites excluding steroid dienone is 1. The molecule has 0 aromatic heterocycles. The molecule has 102 valence electrons. The highest BCUT2D eigenvalue weighted by Gasteiger charge is 2.01. The smallest absolute Gasteiger partial charge is 0.187 e. The fourth-order valence-electron chi connectivity index (χ4n) is 1.61. The largest absolute Gasteiger partial charge is 0.362 e. The zero-order valence-electron chi connectivity index (χ0n) is 10.9. The highest BCUT2D eigenvalue weighted by Crippen LogP contribution is 2.19. The van der Waals surface area contributed by atoms with Gasteiger partial charge in [-0.3, -0.25) is 4.79 Å². The molecule has 2 aromatic rings. The summed E-state index contributed by atoms with van der Waals surface area (Å²) in [6.45, 7) is 1.95. The summed E-state index contributed by atoms with van der Waals surface area (Å²) in [4.78, 5) is 11.9. The Morgan fingerprint density at radius 2 is 1.90 bits per heavy atom. The highest BCUT2D eigenvalue weighted by atomic mass is 127. The van der Waals surface area contributed by atoms with Crippen molar-refractivity contribution in [3.63, 3.8) is 0 Å². The molecule has 0 unspecified atom stereocenters. The Morgan fingerprint density at radius 1 is 1.20 bits per heavy atom. The highest BCUT2D eigenvalue weighted by molar-refractivity contribution is 14.1. The molecule has 0 heterocycles. The van der Waals surface area contributed by atoms with Crippen molar-refractivity contribution < 1.29 is 4.79 Å². The zero-order chi connectivity index (χ0) is 14.5. The lowest BCUT2D eigenvalue weighted by Gasteiger charge is -2.03. The van der Waals surface area contributed by atoms with Crippen LogP contribution in [-0.4, -0.2) is 5.78 Å². The first-order valence-electron chi connectivity index (χ1n) is 6.05. The van der Waals surface area contributed by atoms with Gasteiger partial charge in [-0.2, -0.15) is 0 Å². The molecule has 0 bridgehead atoms. The normalized spacial score (nSPS) is 10.8. The lowest BCUT2D eigenvalue weighted by molar-refractivity contribution is 0.104. The third-order valence-corrected chi connectivity index (χ3v) is 3.91. The van der Waals surface area contributed by atoms with Crippen molar-refractivity contribution in [2.45, 2.75) is 6.92 Å². The summed E-state index contributed by atoms with van der Waals surface area (Å²) >= 11 is 8.24. The van der Waals surface area contributed by atoms with E-state index >= 15 is 0 Å². The number of ketones is 1. The van der Waals surface area contributed by atoms with Gasteiger partial charge in [-0.15, -0.1) is 0 Å². The molecule has 0 spiro atoms. The van der Waals surface area contributed by atoms with Crippen molar-refractivity contribution in [2.24, 2.45) is 0 Å². The topological polar surface area (TPSA) is 29.1 Å². The van der Waals surface area contributed by atoms with Gasteiger partial charge in [0.25, 0.3) is 0 Å². The minimum Gasteiger partial charge on any atom is -0.362 e. The van der Waals surface area contributed by atoms with Crippen LogP contribution < -0.4 is 5.32 Å². The fraction of sp³-hybridized carbons (Fsp3) is 0.0625. The number of nitrogens with one attached hydrogen (secondary N) is 1. The summed E-state index contributed by atoms with van der Waals surface area (Å²) in [5, 5.41) is 3.74. The number of anilines is 1. The van der Waals surface area contributed by atoms with Crippen LogP contribution in [0.1, 0.15) is 15.9 Å². The van der Waals surface area contributed by atoms with Crippen LogP contribution in [0.2, 0.25) is 5.02 Å². The molecule has 2 nitrogen and oxygen atoms in total. The van der Waals surface area contributed by atoms with Crippen LogP contribution in [0, 0.1) is 10.5 Å². The van der Waals surface area contributed by atoms with Gasteiger partial charge in [-0.1, -0.05) is 29.8 Å². The third kappa shape index (κ3) is 4.08. The zero-order valence-corrected chi connectivity index (χ0v) is 13.8. The van der Waals surface area contributed by atoms with Gasteiger partial charge in [-0.25, -0.2) is 0 Å². The first-order valence-corrected chi connectivity index (χ1v) is 7.51. The van der Waals surface area contributed by atoms with Crippen LogP contribution in [0.15, 0.2) is 54.7 Å². The molecular weight excluding hydrogens is 385 g/mol. The summed E-state index contributed by atoms with van der Waals surface area (Å²) in [5.74, 6) is -0.0351. The molecule has 20 heavy (non-hydrogen) atoms. The average Bonchev–Trinajstić information content (AvgIpc) is 2.43. The van der Waals surface area contributed by atoms with E-state index in [1.807, 2.05) is 49.4 Å². The molecule has 2 aromatic carbocycles. The van der Waals surface area contributed by atoms with Crippen molar-refractivity contribution in [2.75, 3.05) is 5.32 Å². The summed E-state index contributed by atoms with van der Waals surface area (Å²) in [5.41, 5.74) is 2.55. The number of benzene rings is 2. The molecule has 0 saturated heterocycles. The Morgan fingerprint density at radius 3 is 2.55 bits per heavy atom. The van der Waals surface area contributed by atoms with E-state index < -0.39 is 0 Å². The number of hydrogen-bond acceptors (Lipinski definition) is 2. The van der Waals surface area contributed by atoms with E-state index in [4.69, 9.17) is 11.6 Å². The molecule has 0 fully saturated rings. The second-order valence-corrected chi connectivity index (χ2v) is 5.97. The lowest BCUT2D eigenvalue weighted by Crippen LogP contribution is -1.96. The predicted molar refractivity (Wildman–Crippen MR) is 92.4 cm³/mol. The van der Waals surface area contributed by atoms with Crippen LogP contribution in [0.25, 0.3) is 0 Å². The molecule has 1 N–H and O–H groups in total. The molecule has 0 aliphatic rings. The Hall–Kier alpha value is -1.33. The molecule has 0 aliphatic heterocycles. The number of carbonyl (C=O) groups is 1. The van der Waals surface area contributed by atoms with Gasteiger partial charge in [0, 0.05) is 32.1 Å². The number of hydrogen-bond donors (Lipinski definition) is 1. The van der Waals surface area contributed by atoms with Gasteiger partial charge >= 0.3 is 0 Å². The van der Waals surface area contributed by atoms with E-state index in [-0.39, 0.29) is 5.78 Å². The Balaban J connectivity index is 2.00. The summed E-state index contributed by atoms with van der Waals surface area (Å²) in [7, 11) is 0. The molecule has 0 atom stereocenters. The van der Waals surface area contributed by atoms with Crippen molar-refractivity contribution in [3.8, 4) is 0 Å². The van der Waals surface area contributed by atoms with E-state index in [2.05, 4.69) is 27.9 Å². The third-order valence-electron chi connectivity index (χ3n) is 2.79. The number of carbonyl (C=O) groups excluding carboxylic acids is 1. The summed E-state index contributed by atoms with van der Waals surface area (Å²) in [6, 6.07) is 13.1. The maximum atomic E-state index is 11.9. The SMILES string of the molecule is Cc1ccc(NC=CC(=O)c2ccc(I)cc2)cc1Cl. The number of halogens is 2. The van der Waals surface area contributed by atoms with Crippen molar-refractivity contribution in [3.05, 3.63) is 74.5 Å². The fourth-order valence-corrected chi connectivity index (χ4v) is 2.15. The van der Waals surface area contributed by atoms with Crippen LogP contribution >= 0.6 is 34.2 Å². The molecule has 0 saturated carbocycles. The average molecular weight is 398 g/mol. The van der Waals surface area contributed by atoms with Crippen LogP contribution in [0.5, 0.6) is 0 Å². The predicted octanol–water partition coefficient (Wildman–Crippen LogP) is 5.06. The van der Waals surface area contributed by atoms with Gasteiger partial charge in [0.15, 0.2) is 5.78 Å². The van der Waals surface area contributed by atoms with Crippen LogP contribution in [0.3, 0.4) is 0 Å². The van der Waals surface area contributed by atoms with Gasteiger partial charge in [0.1, 0.15) is 0 Å². The van der Waals surface area contributed by atoms with Crippen molar-refractivity contribution in [1.29, 1.82) is 0 Å². The maximum Gasteiger partial charge on any atom is 0.187 e. The first-order chi connectivity index (χ1) is 9.56. The second kappa shape index (κ2) is 6.90. The Labute approximate surface area is 137 Å². The molecule has 0 aliphatic carbocycles. The Kier molecular flexibility index (Phi) is 5.20. The van der Waals surface area contributed by atoms with E-state index in [1.54, 1.807) is 6.20 Å². The number of rotatable bonds is 4. The van der Waals surface area contributed by atoms with E-state index in [0.717, 1.165) is 14.8 Å². The van der Waals surface area contributed by atoms with Gasteiger partial charge < -0.3 is 5.32 Å². The van der Waals surface area contributed by atoms with Crippen molar-refractivity contribution >= 4 is 45.7 Å². The molecular formula is C16H13ClINO. The summed E-state index contributed by atoms with van der Waals surface area (Å²) < 4.78 is 1.11. The van der Waals surface area contributed by atoms with E-state index in [0.29, 0.717) is 10.6 Å². The monoisotopic (exact) mass is 397 g/mol. The quantitative estimate of drug-likeness (QED) is 0.444. The Bertz CT molecular complexity index is 650. The molecule has 2 rings (SSSR count). The van der Waals surface area contributed by atoms with E-state index in [9.17, 15) is 4.79 Å². The molecule has 4 heteroatoms. The lowest BCUT2D eigenvalue weighted by atomic mass is 10.1. The molecule has 0 amide bonds. The minimum absolute atomic E-state index is 0.0351.